The zero-order chi connectivity index (χ0) is 13.7. The Labute approximate surface area is 118 Å². The lowest BCUT2D eigenvalue weighted by atomic mass is 10.2. The van der Waals surface area contributed by atoms with Gasteiger partial charge in [-0.15, -0.1) is 11.8 Å². The van der Waals surface area contributed by atoms with Crippen LogP contribution >= 0.6 is 27.7 Å². The van der Waals surface area contributed by atoms with Crippen LogP contribution in [-0.4, -0.2) is 28.0 Å². The number of halogens is 1. The van der Waals surface area contributed by atoms with E-state index in [1.807, 2.05) is 19.1 Å². The minimum absolute atomic E-state index is 0.128. The van der Waals surface area contributed by atoms with Crippen molar-refractivity contribution in [3.8, 4) is 0 Å². The molecule has 1 atom stereocenters. The normalized spacial score (nSPS) is 11.9. The summed E-state index contributed by atoms with van der Waals surface area (Å²) < 4.78 is 0.981. The first-order valence-electron chi connectivity index (χ1n) is 5.30. The molecule has 0 aliphatic heterocycles. The van der Waals surface area contributed by atoms with E-state index in [0.29, 0.717) is 5.69 Å². The number of carbonyl (C=O) groups is 2. The van der Waals surface area contributed by atoms with Crippen molar-refractivity contribution in [3.63, 3.8) is 0 Å². The van der Waals surface area contributed by atoms with Gasteiger partial charge in [0.05, 0.1) is 11.0 Å². The molecule has 1 unspecified atom stereocenters. The van der Waals surface area contributed by atoms with E-state index in [0.717, 1.165) is 21.8 Å². The molecule has 0 radical (unpaired) electrons. The smallest absolute Gasteiger partial charge is 0.316 e. The molecule has 2 N–H and O–H groups in total. The van der Waals surface area contributed by atoms with Crippen molar-refractivity contribution in [1.82, 2.24) is 0 Å². The maximum absolute atomic E-state index is 11.6. The van der Waals surface area contributed by atoms with Gasteiger partial charge in [0.1, 0.15) is 0 Å². The number of aliphatic carboxylic acids is 1. The molecule has 0 heterocycles. The molecule has 1 aromatic carbocycles. The maximum Gasteiger partial charge on any atom is 0.316 e. The quantitative estimate of drug-likeness (QED) is 0.870. The fourth-order valence-corrected chi connectivity index (χ4v) is 2.05. The topological polar surface area (TPSA) is 66.4 Å². The summed E-state index contributed by atoms with van der Waals surface area (Å²) in [6.45, 7) is 3.49. The van der Waals surface area contributed by atoms with Crippen LogP contribution in [0.15, 0.2) is 22.7 Å². The third kappa shape index (κ3) is 4.70. The number of amides is 1. The molecular formula is C12H14BrNO3S. The summed E-state index contributed by atoms with van der Waals surface area (Å²) in [6.07, 6.45) is 0. The van der Waals surface area contributed by atoms with Crippen molar-refractivity contribution in [1.29, 1.82) is 0 Å². The molecule has 0 bridgehead atoms. The van der Waals surface area contributed by atoms with E-state index in [2.05, 4.69) is 21.2 Å². The van der Waals surface area contributed by atoms with E-state index in [1.165, 1.54) is 0 Å². The first kappa shape index (κ1) is 15.0. The number of thioether (sulfide) groups is 1. The molecular weight excluding hydrogens is 318 g/mol. The summed E-state index contributed by atoms with van der Waals surface area (Å²) in [6, 6.07) is 5.51. The maximum atomic E-state index is 11.6. The number of benzene rings is 1. The molecule has 1 amide bonds. The lowest BCUT2D eigenvalue weighted by Gasteiger charge is -2.08. The SMILES string of the molecule is Cc1cc(NC(=O)CSC(C)C(=O)O)ccc1Br. The summed E-state index contributed by atoms with van der Waals surface area (Å²) in [5.41, 5.74) is 1.74. The molecule has 4 nitrogen and oxygen atoms in total. The van der Waals surface area contributed by atoms with E-state index in [4.69, 9.17) is 5.11 Å². The van der Waals surface area contributed by atoms with Crippen molar-refractivity contribution in [2.75, 3.05) is 11.1 Å². The lowest BCUT2D eigenvalue weighted by Crippen LogP contribution is -2.19. The van der Waals surface area contributed by atoms with Crippen molar-refractivity contribution >= 4 is 45.3 Å². The first-order chi connectivity index (χ1) is 8.40. The highest BCUT2D eigenvalue weighted by atomic mass is 79.9. The van der Waals surface area contributed by atoms with Gasteiger partial charge >= 0.3 is 5.97 Å². The molecule has 6 heteroatoms. The second kappa shape index (κ2) is 6.80. The van der Waals surface area contributed by atoms with E-state index in [9.17, 15) is 9.59 Å². The lowest BCUT2D eigenvalue weighted by molar-refractivity contribution is -0.136. The molecule has 1 rings (SSSR count). The molecule has 0 fully saturated rings. The minimum atomic E-state index is -0.910. The predicted molar refractivity (Wildman–Crippen MR) is 77.1 cm³/mol. The molecule has 0 saturated heterocycles. The van der Waals surface area contributed by atoms with Gasteiger partial charge in [0.25, 0.3) is 0 Å². The van der Waals surface area contributed by atoms with Crippen molar-refractivity contribution < 1.29 is 14.7 Å². The average molecular weight is 332 g/mol. The Bertz CT molecular complexity index is 465. The van der Waals surface area contributed by atoms with Crippen LogP contribution in [0.25, 0.3) is 0 Å². The number of nitrogens with one attached hydrogen (secondary N) is 1. The van der Waals surface area contributed by atoms with Crippen LogP contribution in [0.3, 0.4) is 0 Å². The van der Waals surface area contributed by atoms with Gasteiger partial charge in [0.2, 0.25) is 5.91 Å². The number of hydrogen-bond acceptors (Lipinski definition) is 3. The number of aryl methyl sites for hydroxylation is 1. The summed E-state index contributed by atoms with van der Waals surface area (Å²) >= 11 is 4.48. The molecule has 0 saturated carbocycles. The number of hydrogen-bond donors (Lipinski definition) is 2. The van der Waals surface area contributed by atoms with Crippen LogP contribution in [0.2, 0.25) is 0 Å². The molecule has 98 valence electrons. The fourth-order valence-electron chi connectivity index (χ4n) is 1.19. The summed E-state index contributed by atoms with van der Waals surface area (Å²) in [5.74, 6) is -0.982. The monoisotopic (exact) mass is 331 g/mol. The highest BCUT2D eigenvalue weighted by Gasteiger charge is 2.13. The zero-order valence-corrected chi connectivity index (χ0v) is 12.5. The Balaban J connectivity index is 2.49. The van der Waals surface area contributed by atoms with Crippen molar-refractivity contribution in [2.24, 2.45) is 0 Å². The third-order valence-electron chi connectivity index (χ3n) is 2.25. The first-order valence-corrected chi connectivity index (χ1v) is 7.14. The number of anilines is 1. The van der Waals surface area contributed by atoms with Crippen LogP contribution in [0, 0.1) is 6.92 Å². The average Bonchev–Trinajstić information content (AvgIpc) is 2.30. The highest BCUT2D eigenvalue weighted by molar-refractivity contribution is 9.10. The molecule has 0 aliphatic rings. The van der Waals surface area contributed by atoms with Gasteiger partial charge in [0, 0.05) is 10.2 Å². The van der Waals surface area contributed by atoms with Gasteiger partial charge in [-0.05, 0) is 37.6 Å². The van der Waals surface area contributed by atoms with Crippen LogP contribution in [-0.2, 0) is 9.59 Å². The molecule has 1 aromatic rings. The second-order valence-electron chi connectivity index (χ2n) is 3.80. The molecule has 0 aromatic heterocycles. The number of carboxylic acid groups (broad SMARTS) is 1. The van der Waals surface area contributed by atoms with Gasteiger partial charge in [-0.25, -0.2) is 0 Å². The Kier molecular flexibility index (Phi) is 5.68. The fraction of sp³-hybridized carbons (Fsp3) is 0.333. The highest BCUT2D eigenvalue weighted by Crippen LogP contribution is 2.20. The van der Waals surface area contributed by atoms with Crippen LogP contribution in [0.4, 0.5) is 5.69 Å². The van der Waals surface area contributed by atoms with E-state index < -0.39 is 11.2 Å². The third-order valence-corrected chi connectivity index (χ3v) is 4.27. The number of rotatable bonds is 5. The Morgan fingerprint density at radius 2 is 2.17 bits per heavy atom. The molecule has 0 spiro atoms. The standard InChI is InChI=1S/C12H14BrNO3S/c1-7-5-9(3-4-10(7)13)14-11(15)6-18-8(2)12(16)17/h3-5,8H,6H2,1-2H3,(H,14,15)(H,16,17). The molecule has 0 aliphatic carbocycles. The summed E-state index contributed by atoms with van der Waals surface area (Å²) in [5, 5.41) is 10.8. The Morgan fingerprint density at radius 3 is 2.72 bits per heavy atom. The largest absolute Gasteiger partial charge is 0.480 e. The van der Waals surface area contributed by atoms with Crippen molar-refractivity contribution in [3.05, 3.63) is 28.2 Å². The van der Waals surface area contributed by atoms with Crippen LogP contribution in [0.1, 0.15) is 12.5 Å². The van der Waals surface area contributed by atoms with Gasteiger partial charge < -0.3 is 10.4 Å². The van der Waals surface area contributed by atoms with Crippen LogP contribution < -0.4 is 5.32 Å². The minimum Gasteiger partial charge on any atom is -0.480 e. The number of carboxylic acids is 1. The van der Waals surface area contributed by atoms with Gasteiger partial charge in [-0.3, -0.25) is 9.59 Å². The van der Waals surface area contributed by atoms with Crippen molar-refractivity contribution in [2.45, 2.75) is 19.1 Å². The molecule has 18 heavy (non-hydrogen) atoms. The van der Waals surface area contributed by atoms with E-state index >= 15 is 0 Å². The number of carbonyl (C=O) groups excluding carboxylic acids is 1. The van der Waals surface area contributed by atoms with Gasteiger partial charge in [-0.1, -0.05) is 15.9 Å². The Morgan fingerprint density at radius 1 is 1.50 bits per heavy atom. The predicted octanol–water partition coefficient (Wildman–Crippen LogP) is 2.90. The zero-order valence-electron chi connectivity index (χ0n) is 10.1. The summed E-state index contributed by atoms with van der Waals surface area (Å²) in [7, 11) is 0. The Hall–Kier alpha value is -1.01. The summed E-state index contributed by atoms with van der Waals surface area (Å²) in [4.78, 5) is 22.2. The van der Waals surface area contributed by atoms with Crippen LogP contribution in [0.5, 0.6) is 0 Å². The van der Waals surface area contributed by atoms with E-state index in [-0.39, 0.29) is 11.7 Å². The van der Waals surface area contributed by atoms with Gasteiger partial charge in [-0.2, -0.15) is 0 Å². The van der Waals surface area contributed by atoms with E-state index in [1.54, 1.807) is 13.0 Å². The van der Waals surface area contributed by atoms with Gasteiger partial charge in [0.15, 0.2) is 0 Å². The second-order valence-corrected chi connectivity index (χ2v) is 5.99.